The molecule has 1 N–H and O–H groups in total. The van der Waals surface area contributed by atoms with Crippen molar-refractivity contribution in [1.82, 2.24) is 8.75 Å². The summed E-state index contributed by atoms with van der Waals surface area (Å²) >= 11 is 7.07. The van der Waals surface area contributed by atoms with Crippen LogP contribution in [0.1, 0.15) is 33.1 Å². The van der Waals surface area contributed by atoms with E-state index in [9.17, 15) is 0 Å². The molecule has 5 heteroatoms. The van der Waals surface area contributed by atoms with E-state index in [1.807, 2.05) is 0 Å². The van der Waals surface area contributed by atoms with Crippen LogP contribution in [0.15, 0.2) is 0 Å². The largest absolute Gasteiger partial charge is 0.364 e. The van der Waals surface area contributed by atoms with E-state index in [4.69, 9.17) is 11.6 Å². The number of anilines is 1. The number of halogens is 1. The van der Waals surface area contributed by atoms with E-state index >= 15 is 0 Å². The van der Waals surface area contributed by atoms with Crippen LogP contribution < -0.4 is 5.32 Å². The molecule has 2 rings (SSSR count). The average Bonchev–Trinajstić information content (AvgIpc) is 2.50. The van der Waals surface area contributed by atoms with Crippen molar-refractivity contribution in [1.29, 1.82) is 0 Å². The standard InChI is InChI=1S/C10H16ClN3S/c1-6-3-7(2)5-8(4-6)12-10-9(11)13-15-14-10/h6-8H,3-5H2,1-2H3,(H,12,14). The van der Waals surface area contributed by atoms with Crippen molar-refractivity contribution >= 4 is 29.1 Å². The predicted molar refractivity (Wildman–Crippen MR) is 64.5 cm³/mol. The first-order chi connectivity index (χ1) is 7.15. The molecule has 84 valence electrons. The molecule has 0 amide bonds. The summed E-state index contributed by atoms with van der Waals surface area (Å²) in [6.07, 6.45) is 3.75. The first-order valence-electron chi connectivity index (χ1n) is 5.39. The summed E-state index contributed by atoms with van der Waals surface area (Å²) in [6.45, 7) is 4.62. The number of hydrogen-bond donors (Lipinski definition) is 1. The third-order valence-electron chi connectivity index (χ3n) is 2.97. The highest BCUT2D eigenvalue weighted by atomic mass is 35.5. The molecule has 1 fully saturated rings. The van der Waals surface area contributed by atoms with Gasteiger partial charge in [-0.2, -0.15) is 8.75 Å². The molecule has 3 nitrogen and oxygen atoms in total. The number of rotatable bonds is 2. The molecule has 1 saturated carbocycles. The molecule has 1 aromatic rings. The Balaban J connectivity index is 1.97. The normalized spacial score (nSPS) is 31.5. The predicted octanol–water partition coefficient (Wildman–Crippen LogP) is 3.43. The number of nitrogens with one attached hydrogen (secondary N) is 1. The SMILES string of the molecule is CC1CC(C)CC(Nc2nsnc2Cl)C1. The van der Waals surface area contributed by atoms with Crippen LogP contribution in [0.25, 0.3) is 0 Å². The Labute approximate surface area is 99.6 Å². The van der Waals surface area contributed by atoms with E-state index in [0.717, 1.165) is 29.4 Å². The van der Waals surface area contributed by atoms with Crippen molar-refractivity contribution in [2.24, 2.45) is 11.8 Å². The molecule has 1 aliphatic carbocycles. The second-order valence-electron chi connectivity index (χ2n) is 4.66. The monoisotopic (exact) mass is 245 g/mol. The second-order valence-corrected chi connectivity index (χ2v) is 5.55. The average molecular weight is 246 g/mol. The van der Waals surface area contributed by atoms with Gasteiger partial charge in [-0.25, -0.2) is 0 Å². The molecule has 0 aromatic carbocycles. The molecular weight excluding hydrogens is 230 g/mol. The van der Waals surface area contributed by atoms with Crippen LogP contribution in [0, 0.1) is 11.8 Å². The Morgan fingerprint density at radius 3 is 2.40 bits per heavy atom. The van der Waals surface area contributed by atoms with Gasteiger partial charge in [0.2, 0.25) is 0 Å². The summed E-state index contributed by atoms with van der Waals surface area (Å²) in [5.41, 5.74) is 0. The lowest BCUT2D eigenvalue weighted by Gasteiger charge is -2.31. The van der Waals surface area contributed by atoms with Crippen molar-refractivity contribution in [2.75, 3.05) is 5.32 Å². The van der Waals surface area contributed by atoms with Crippen molar-refractivity contribution < 1.29 is 0 Å². The fraction of sp³-hybridized carbons (Fsp3) is 0.800. The van der Waals surface area contributed by atoms with Gasteiger partial charge in [0.1, 0.15) is 0 Å². The van der Waals surface area contributed by atoms with Gasteiger partial charge in [0.05, 0.1) is 11.7 Å². The minimum absolute atomic E-state index is 0.505. The lowest BCUT2D eigenvalue weighted by atomic mass is 9.80. The Morgan fingerprint density at radius 1 is 1.20 bits per heavy atom. The van der Waals surface area contributed by atoms with Crippen molar-refractivity contribution in [3.8, 4) is 0 Å². The molecule has 1 heterocycles. The third kappa shape index (κ3) is 2.82. The Kier molecular flexibility index (Phi) is 3.46. The van der Waals surface area contributed by atoms with Crippen LogP contribution in [0.5, 0.6) is 0 Å². The van der Waals surface area contributed by atoms with Crippen molar-refractivity contribution in [2.45, 2.75) is 39.2 Å². The number of nitrogens with zero attached hydrogens (tertiary/aromatic N) is 2. The molecule has 1 aliphatic rings. The molecule has 0 aliphatic heterocycles. The van der Waals surface area contributed by atoms with Crippen LogP contribution in [0.3, 0.4) is 0 Å². The lowest BCUT2D eigenvalue weighted by molar-refractivity contribution is 0.280. The molecule has 0 spiro atoms. The zero-order valence-electron chi connectivity index (χ0n) is 9.03. The summed E-state index contributed by atoms with van der Waals surface area (Å²) in [5, 5.41) is 3.90. The first kappa shape index (κ1) is 11.1. The summed E-state index contributed by atoms with van der Waals surface area (Å²) in [6, 6.07) is 0.505. The summed E-state index contributed by atoms with van der Waals surface area (Å²) < 4.78 is 8.10. The smallest absolute Gasteiger partial charge is 0.186 e. The summed E-state index contributed by atoms with van der Waals surface area (Å²) in [7, 11) is 0. The minimum Gasteiger partial charge on any atom is -0.364 e. The van der Waals surface area contributed by atoms with E-state index < -0.39 is 0 Å². The van der Waals surface area contributed by atoms with E-state index in [1.54, 1.807) is 0 Å². The Hall–Kier alpha value is -0.350. The van der Waals surface area contributed by atoms with Gasteiger partial charge in [-0.1, -0.05) is 25.4 Å². The molecule has 2 atom stereocenters. The van der Waals surface area contributed by atoms with E-state index in [0.29, 0.717) is 11.2 Å². The minimum atomic E-state index is 0.505. The van der Waals surface area contributed by atoms with Gasteiger partial charge in [0, 0.05) is 6.04 Å². The zero-order chi connectivity index (χ0) is 10.8. The molecular formula is C10H16ClN3S. The maximum absolute atomic E-state index is 5.91. The maximum Gasteiger partial charge on any atom is 0.186 e. The molecule has 0 bridgehead atoms. The maximum atomic E-state index is 5.91. The van der Waals surface area contributed by atoms with Gasteiger partial charge in [-0.15, -0.1) is 0 Å². The van der Waals surface area contributed by atoms with E-state index in [-0.39, 0.29) is 0 Å². The molecule has 1 aromatic heterocycles. The topological polar surface area (TPSA) is 37.8 Å². The highest BCUT2D eigenvalue weighted by molar-refractivity contribution is 6.99. The molecule has 2 unspecified atom stereocenters. The van der Waals surface area contributed by atoms with Gasteiger partial charge < -0.3 is 5.32 Å². The van der Waals surface area contributed by atoms with Crippen molar-refractivity contribution in [3.63, 3.8) is 0 Å². The highest BCUT2D eigenvalue weighted by Crippen LogP contribution is 2.31. The summed E-state index contributed by atoms with van der Waals surface area (Å²) in [5.74, 6) is 2.33. The first-order valence-corrected chi connectivity index (χ1v) is 6.50. The fourth-order valence-corrected chi connectivity index (χ4v) is 3.18. The Morgan fingerprint density at radius 2 is 1.87 bits per heavy atom. The second kappa shape index (κ2) is 4.66. The molecule has 0 saturated heterocycles. The Bertz CT molecular complexity index is 318. The van der Waals surface area contributed by atoms with Gasteiger partial charge in [-0.05, 0) is 31.1 Å². The lowest BCUT2D eigenvalue weighted by Crippen LogP contribution is -2.30. The van der Waals surface area contributed by atoms with Gasteiger partial charge in [-0.3, -0.25) is 0 Å². The highest BCUT2D eigenvalue weighted by Gasteiger charge is 2.24. The zero-order valence-corrected chi connectivity index (χ0v) is 10.6. The van der Waals surface area contributed by atoms with E-state index in [2.05, 4.69) is 27.9 Å². The van der Waals surface area contributed by atoms with E-state index in [1.165, 1.54) is 19.3 Å². The summed E-state index contributed by atoms with van der Waals surface area (Å²) in [4.78, 5) is 0. The van der Waals surface area contributed by atoms with Gasteiger partial charge in [0.15, 0.2) is 11.0 Å². The molecule has 15 heavy (non-hydrogen) atoms. The van der Waals surface area contributed by atoms with Crippen molar-refractivity contribution in [3.05, 3.63) is 5.15 Å². The molecule has 0 radical (unpaired) electrons. The number of hydrogen-bond acceptors (Lipinski definition) is 4. The van der Waals surface area contributed by atoms with Crippen LogP contribution in [0.2, 0.25) is 5.15 Å². The quantitative estimate of drug-likeness (QED) is 0.868. The van der Waals surface area contributed by atoms with Crippen LogP contribution in [-0.4, -0.2) is 14.8 Å². The van der Waals surface area contributed by atoms with Gasteiger partial charge >= 0.3 is 0 Å². The van der Waals surface area contributed by atoms with Crippen LogP contribution in [0.4, 0.5) is 5.82 Å². The number of aromatic nitrogens is 2. The van der Waals surface area contributed by atoms with Crippen LogP contribution >= 0.6 is 23.3 Å². The van der Waals surface area contributed by atoms with Crippen LogP contribution in [-0.2, 0) is 0 Å². The van der Waals surface area contributed by atoms with Gasteiger partial charge in [0.25, 0.3) is 0 Å². The fourth-order valence-electron chi connectivity index (χ4n) is 2.52. The third-order valence-corrected chi connectivity index (χ3v) is 3.86.